The van der Waals surface area contributed by atoms with Crippen LogP contribution in [0.4, 0.5) is 0 Å². The molecule has 5 nitrogen and oxygen atoms in total. The van der Waals surface area contributed by atoms with Gasteiger partial charge in [0.2, 0.25) is 0 Å². The molecule has 2 aromatic rings. The van der Waals surface area contributed by atoms with E-state index in [-0.39, 0.29) is 0 Å². The monoisotopic (exact) mass is 325 g/mol. The van der Waals surface area contributed by atoms with Gasteiger partial charge in [-0.15, -0.1) is 11.8 Å². The quantitative estimate of drug-likeness (QED) is 0.790. The van der Waals surface area contributed by atoms with E-state index in [2.05, 4.69) is 4.98 Å². The Hall–Kier alpha value is -1.12. The fraction of sp³-hybridized carbons (Fsp3) is 0.357. The Morgan fingerprint density at radius 3 is 2.76 bits per heavy atom. The van der Waals surface area contributed by atoms with Crippen LogP contribution >= 0.6 is 23.1 Å². The molecule has 1 saturated heterocycles. The first-order valence-electron chi connectivity index (χ1n) is 6.45. The molecule has 0 radical (unpaired) electrons. The number of ether oxygens (including phenoxy) is 1. The summed E-state index contributed by atoms with van der Waals surface area (Å²) in [6.45, 7) is 0. The minimum atomic E-state index is -1.19. The number of pyridine rings is 1. The van der Waals surface area contributed by atoms with Crippen molar-refractivity contribution in [3.63, 3.8) is 0 Å². The van der Waals surface area contributed by atoms with Crippen LogP contribution in [0, 0.1) is 0 Å². The first-order chi connectivity index (χ1) is 10.1. The van der Waals surface area contributed by atoms with Crippen molar-refractivity contribution in [2.24, 2.45) is 0 Å². The molecule has 1 aliphatic rings. The van der Waals surface area contributed by atoms with Crippen LogP contribution in [-0.4, -0.2) is 49.8 Å². The predicted molar refractivity (Wildman–Crippen MR) is 82.4 cm³/mol. The number of nitrogens with zero attached hydrogens (tertiary/aromatic N) is 1. The summed E-state index contributed by atoms with van der Waals surface area (Å²) in [6.07, 6.45) is 0.0614. The Bertz CT molecular complexity index is 592. The molecule has 3 N–H and O–H groups in total. The van der Waals surface area contributed by atoms with Crippen molar-refractivity contribution in [1.82, 2.24) is 4.98 Å². The second-order valence-electron chi connectivity index (χ2n) is 4.79. The van der Waals surface area contributed by atoms with E-state index in [0.29, 0.717) is 11.5 Å². The van der Waals surface area contributed by atoms with Crippen molar-refractivity contribution in [3.05, 3.63) is 35.3 Å². The largest absolute Gasteiger partial charge is 0.475 e. The summed E-state index contributed by atoms with van der Waals surface area (Å²) < 4.78 is 5.71. The third-order valence-corrected chi connectivity index (χ3v) is 5.19. The zero-order valence-corrected chi connectivity index (χ0v) is 12.6. The fourth-order valence-corrected chi connectivity index (χ4v) is 3.87. The topological polar surface area (TPSA) is 82.8 Å². The maximum Gasteiger partial charge on any atom is 0.173 e. The van der Waals surface area contributed by atoms with Crippen molar-refractivity contribution in [3.8, 4) is 16.9 Å². The average molecular weight is 325 g/mol. The minimum absolute atomic E-state index is 0.320. The van der Waals surface area contributed by atoms with Crippen LogP contribution in [-0.2, 0) is 0 Å². The molecule has 1 aliphatic heterocycles. The number of aliphatic hydroxyl groups is 3. The second kappa shape index (κ2) is 6.33. The van der Waals surface area contributed by atoms with Gasteiger partial charge in [-0.3, -0.25) is 4.98 Å². The van der Waals surface area contributed by atoms with Gasteiger partial charge < -0.3 is 20.1 Å². The molecule has 0 unspecified atom stereocenters. The van der Waals surface area contributed by atoms with Gasteiger partial charge in [0.1, 0.15) is 18.0 Å². The van der Waals surface area contributed by atoms with Gasteiger partial charge in [0, 0.05) is 17.5 Å². The third kappa shape index (κ3) is 3.22. The number of hydrogen-bond donors (Lipinski definition) is 3. The Kier molecular flexibility index (Phi) is 4.46. The van der Waals surface area contributed by atoms with Gasteiger partial charge in [0.05, 0.1) is 12.3 Å². The van der Waals surface area contributed by atoms with Gasteiger partial charge in [-0.25, -0.2) is 0 Å². The summed E-state index contributed by atoms with van der Waals surface area (Å²) in [6, 6.07) is 3.84. The van der Waals surface area contributed by atoms with Crippen LogP contribution in [0.2, 0.25) is 0 Å². The lowest BCUT2D eigenvalue weighted by atomic mass is 10.1. The maximum absolute atomic E-state index is 9.95. The van der Waals surface area contributed by atoms with E-state index in [9.17, 15) is 15.3 Å². The van der Waals surface area contributed by atoms with Crippen LogP contribution in [0.25, 0.3) is 11.1 Å². The molecule has 2 aromatic heterocycles. The molecule has 0 spiro atoms. The minimum Gasteiger partial charge on any atom is -0.475 e. The molecule has 3 heterocycles. The number of aromatic nitrogens is 1. The Morgan fingerprint density at radius 1 is 1.14 bits per heavy atom. The lowest BCUT2D eigenvalue weighted by Gasteiger charge is -2.34. The van der Waals surface area contributed by atoms with Crippen molar-refractivity contribution >= 4 is 23.1 Å². The van der Waals surface area contributed by atoms with Crippen molar-refractivity contribution in [1.29, 1.82) is 0 Å². The van der Waals surface area contributed by atoms with E-state index < -0.39 is 23.7 Å². The Balaban J connectivity index is 1.75. The van der Waals surface area contributed by atoms with Gasteiger partial charge in [0.15, 0.2) is 5.44 Å². The van der Waals surface area contributed by atoms with Crippen LogP contribution in [0.3, 0.4) is 0 Å². The molecule has 0 saturated carbocycles. The van der Waals surface area contributed by atoms with Crippen molar-refractivity contribution in [2.45, 2.75) is 23.7 Å². The smallest absolute Gasteiger partial charge is 0.173 e. The van der Waals surface area contributed by atoms with Gasteiger partial charge in [0.25, 0.3) is 0 Å². The molecule has 4 atom stereocenters. The normalized spacial score (nSPS) is 29.3. The maximum atomic E-state index is 9.95. The lowest BCUT2D eigenvalue weighted by molar-refractivity contribution is -0.0786. The summed E-state index contributed by atoms with van der Waals surface area (Å²) in [5.41, 5.74) is 1.37. The Labute approximate surface area is 130 Å². The van der Waals surface area contributed by atoms with Crippen molar-refractivity contribution in [2.75, 3.05) is 5.75 Å². The molecule has 3 rings (SSSR count). The molecule has 0 aliphatic carbocycles. The molecular weight excluding hydrogens is 310 g/mol. The highest BCUT2D eigenvalue weighted by atomic mass is 32.2. The molecule has 0 aromatic carbocycles. The lowest BCUT2D eigenvalue weighted by Crippen LogP contribution is -2.50. The highest BCUT2D eigenvalue weighted by molar-refractivity contribution is 7.99. The predicted octanol–water partition coefficient (Wildman–Crippen LogP) is 1.34. The van der Waals surface area contributed by atoms with Crippen LogP contribution < -0.4 is 4.74 Å². The highest BCUT2D eigenvalue weighted by Gasteiger charge is 2.38. The zero-order valence-electron chi connectivity index (χ0n) is 11.0. The summed E-state index contributed by atoms with van der Waals surface area (Å²) in [5.74, 6) is 0.847. The molecule has 0 amide bonds. The Morgan fingerprint density at radius 2 is 2.00 bits per heavy atom. The van der Waals surface area contributed by atoms with E-state index in [1.165, 1.54) is 11.8 Å². The number of rotatable bonds is 3. The fourth-order valence-electron chi connectivity index (χ4n) is 2.09. The molecule has 21 heavy (non-hydrogen) atoms. The molecular formula is C14H15NO4S2. The second-order valence-corrected chi connectivity index (χ2v) is 6.70. The first kappa shape index (κ1) is 14.8. The number of aliphatic hydroxyl groups excluding tert-OH is 3. The standard InChI is InChI=1S/C14H15NO4S2/c16-11-7-21-14(13(18)12(11)17)19-10-3-9(4-15-5-10)8-1-2-20-6-8/h1-6,11-14,16-18H,7H2/t11-,12+,13-,14+/m1/s1. The van der Waals surface area contributed by atoms with Crippen molar-refractivity contribution < 1.29 is 20.1 Å². The number of thioether (sulfide) groups is 1. The SMILES string of the molecule is O[C@@H]1[C@@H](O)[C@@H](Oc2cncc(-c3ccsc3)c2)SC[C@H]1O. The van der Waals surface area contributed by atoms with E-state index in [0.717, 1.165) is 11.1 Å². The van der Waals surface area contributed by atoms with Gasteiger partial charge in [-0.1, -0.05) is 0 Å². The van der Waals surface area contributed by atoms with E-state index >= 15 is 0 Å². The van der Waals surface area contributed by atoms with Gasteiger partial charge in [-0.2, -0.15) is 11.3 Å². The van der Waals surface area contributed by atoms with E-state index in [1.54, 1.807) is 23.7 Å². The average Bonchev–Trinajstić information content (AvgIpc) is 3.03. The summed E-state index contributed by atoms with van der Waals surface area (Å²) in [5, 5.41) is 33.1. The van der Waals surface area contributed by atoms with Gasteiger partial charge in [-0.05, 0) is 28.5 Å². The third-order valence-electron chi connectivity index (χ3n) is 3.27. The molecule has 112 valence electrons. The van der Waals surface area contributed by atoms with Crippen LogP contribution in [0.5, 0.6) is 5.75 Å². The summed E-state index contributed by atoms with van der Waals surface area (Å²) >= 11 is 2.88. The molecule has 0 bridgehead atoms. The van der Waals surface area contributed by atoms with Crippen LogP contribution in [0.1, 0.15) is 0 Å². The molecule has 1 fully saturated rings. The van der Waals surface area contributed by atoms with Crippen LogP contribution in [0.15, 0.2) is 35.3 Å². The first-order valence-corrected chi connectivity index (χ1v) is 8.44. The summed E-state index contributed by atoms with van der Waals surface area (Å²) in [4.78, 5) is 4.14. The highest BCUT2D eigenvalue weighted by Crippen LogP contribution is 2.31. The summed E-state index contributed by atoms with van der Waals surface area (Å²) in [7, 11) is 0. The number of hydrogen-bond acceptors (Lipinski definition) is 7. The zero-order chi connectivity index (χ0) is 14.8. The van der Waals surface area contributed by atoms with E-state index in [1.807, 2.05) is 22.9 Å². The van der Waals surface area contributed by atoms with E-state index in [4.69, 9.17) is 4.74 Å². The number of thiophene rings is 1. The van der Waals surface area contributed by atoms with Gasteiger partial charge >= 0.3 is 0 Å². The molecule has 7 heteroatoms.